The van der Waals surface area contributed by atoms with Gasteiger partial charge in [0.1, 0.15) is 11.7 Å². The van der Waals surface area contributed by atoms with Gasteiger partial charge in [0, 0.05) is 12.2 Å². The average molecular weight is 390 g/mol. The number of aromatic nitrogens is 2. The first-order chi connectivity index (χ1) is 13.5. The monoisotopic (exact) mass is 389 g/mol. The zero-order chi connectivity index (χ0) is 20.1. The molecule has 0 saturated heterocycles. The standard InChI is InChI=1S/C22H35N3O3/c1-15(2)25-18(13-14-23-25)21(26)24-20(22(27)28)19(16-9-5-3-6-10-16)17-11-7-4-8-12-17/h13-17,19-20H,3-12H2,1-2H3,(H,24,26)(H,27,28)/t20-/m0/s1. The molecule has 2 aliphatic carbocycles. The van der Waals surface area contributed by atoms with Gasteiger partial charge in [-0.15, -0.1) is 0 Å². The van der Waals surface area contributed by atoms with Crippen LogP contribution in [0.15, 0.2) is 12.3 Å². The summed E-state index contributed by atoms with van der Waals surface area (Å²) in [5.41, 5.74) is 0.437. The Hall–Kier alpha value is -1.85. The second kappa shape index (κ2) is 9.57. The maximum absolute atomic E-state index is 13.0. The Morgan fingerprint density at radius 3 is 2.04 bits per heavy atom. The van der Waals surface area contributed by atoms with Crippen molar-refractivity contribution in [2.75, 3.05) is 0 Å². The fourth-order valence-electron chi connectivity index (χ4n) is 5.41. The van der Waals surface area contributed by atoms with Gasteiger partial charge < -0.3 is 10.4 Å². The topological polar surface area (TPSA) is 84.2 Å². The summed E-state index contributed by atoms with van der Waals surface area (Å²) < 4.78 is 1.66. The van der Waals surface area contributed by atoms with Crippen molar-refractivity contribution in [2.45, 2.75) is 90.1 Å². The molecular weight excluding hydrogens is 354 g/mol. The molecule has 1 heterocycles. The smallest absolute Gasteiger partial charge is 0.326 e. The van der Waals surface area contributed by atoms with Crippen molar-refractivity contribution >= 4 is 11.9 Å². The molecule has 28 heavy (non-hydrogen) atoms. The van der Waals surface area contributed by atoms with Crippen LogP contribution < -0.4 is 5.32 Å². The molecule has 0 aromatic carbocycles. The number of nitrogens with zero attached hydrogens (tertiary/aromatic N) is 2. The summed E-state index contributed by atoms with van der Waals surface area (Å²) in [6.45, 7) is 3.93. The van der Waals surface area contributed by atoms with Crippen LogP contribution in [-0.4, -0.2) is 32.8 Å². The van der Waals surface area contributed by atoms with Gasteiger partial charge in [-0.05, 0) is 37.7 Å². The maximum atomic E-state index is 13.0. The van der Waals surface area contributed by atoms with Gasteiger partial charge in [-0.1, -0.05) is 64.2 Å². The maximum Gasteiger partial charge on any atom is 0.326 e. The average Bonchev–Trinajstić information content (AvgIpc) is 3.19. The van der Waals surface area contributed by atoms with Gasteiger partial charge in [-0.3, -0.25) is 9.48 Å². The zero-order valence-electron chi connectivity index (χ0n) is 17.3. The number of nitrogens with one attached hydrogen (secondary N) is 1. The van der Waals surface area contributed by atoms with Gasteiger partial charge in [-0.25, -0.2) is 4.79 Å². The van der Waals surface area contributed by atoms with Gasteiger partial charge in [0.05, 0.1) is 0 Å². The lowest BCUT2D eigenvalue weighted by Gasteiger charge is -2.41. The molecule has 0 unspecified atom stereocenters. The molecule has 156 valence electrons. The van der Waals surface area contributed by atoms with E-state index < -0.39 is 12.0 Å². The van der Waals surface area contributed by atoms with Gasteiger partial charge in [0.15, 0.2) is 0 Å². The lowest BCUT2D eigenvalue weighted by atomic mass is 9.66. The van der Waals surface area contributed by atoms with Crippen LogP contribution in [0.5, 0.6) is 0 Å². The Bertz CT molecular complexity index is 640. The van der Waals surface area contributed by atoms with Crippen molar-refractivity contribution < 1.29 is 14.7 Å². The van der Waals surface area contributed by atoms with E-state index in [1.165, 1.54) is 38.5 Å². The first kappa shape index (κ1) is 20.9. The number of hydrogen-bond acceptors (Lipinski definition) is 3. The van der Waals surface area contributed by atoms with Crippen LogP contribution in [-0.2, 0) is 4.79 Å². The minimum absolute atomic E-state index is 0.0254. The fourth-order valence-corrected chi connectivity index (χ4v) is 5.41. The third kappa shape index (κ3) is 4.76. The third-order valence-corrected chi connectivity index (χ3v) is 6.72. The number of carboxylic acid groups (broad SMARTS) is 1. The van der Waals surface area contributed by atoms with Crippen LogP contribution in [0.3, 0.4) is 0 Å². The second-order valence-electron chi connectivity index (χ2n) is 8.92. The molecule has 1 amide bonds. The normalized spacial score (nSPS) is 20.4. The lowest BCUT2D eigenvalue weighted by Crippen LogP contribution is -2.51. The predicted octanol–water partition coefficient (Wildman–Crippen LogP) is 4.42. The van der Waals surface area contributed by atoms with E-state index in [9.17, 15) is 14.7 Å². The minimum Gasteiger partial charge on any atom is -0.480 e. The van der Waals surface area contributed by atoms with Crippen molar-refractivity contribution in [2.24, 2.45) is 17.8 Å². The number of aliphatic carboxylic acids is 1. The van der Waals surface area contributed by atoms with E-state index in [1.54, 1.807) is 16.9 Å². The second-order valence-corrected chi connectivity index (χ2v) is 8.92. The minimum atomic E-state index is -0.898. The number of hydrogen-bond donors (Lipinski definition) is 2. The summed E-state index contributed by atoms with van der Waals surface area (Å²) in [5, 5.41) is 17.2. The highest BCUT2D eigenvalue weighted by Crippen LogP contribution is 2.41. The predicted molar refractivity (Wildman–Crippen MR) is 108 cm³/mol. The zero-order valence-corrected chi connectivity index (χ0v) is 17.3. The molecular formula is C22H35N3O3. The molecule has 1 aromatic heterocycles. The molecule has 2 aliphatic rings. The molecule has 3 rings (SSSR count). The molecule has 1 atom stereocenters. The molecule has 2 fully saturated rings. The van der Waals surface area contributed by atoms with Crippen molar-refractivity contribution in [3.63, 3.8) is 0 Å². The molecule has 2 N–H and O–H groups in total. The van der Waals surface area contributed by atoms with Gasteiger partial charge in [-0.2, -0.15) is 5.10 Å². The van der Waals surface area contributed by atoms with Crippen LogP contribution in [0.4, 0.5) is 0 Å². The Morgan fingerprint density at radius 1 is 1.04 bits per heavy atom. The van der Waals surface area contributed by atoms with E-state index in [4.69, 9.17) is 0 Å². The van der Waals surface area contributed by atoms with E-state index in [0.29, 0.717) is 17.5 Å². The Morgan fingerprint density at radius 2 is 1.57 bits per heavy atom. The fraction of sp³-hybridized carbons (Fsp3) is 0.773. The summed E-state index contributed by atoms with van der Waals surface area (Å²) in [4.78, 5) is 25.3. The van der Waals surface area contributed by atoms with Crippen LogP contribution in [0, 0.1) is 17.8 Å². The number of carbonyl (C=O) groups is 2. The van der Waals surface area contributed by atoms with Crippen molar-refractivity contribution in [3.05, 3.63) is 18.0 Å². The van der Waals surface area contributed by atoms with E-state index in [2.05, 4.69) is 10.4 Å². The van der Waals surface area contributed by atoms with Crippen molar-refractivity contribution in [1.82, 2.24) is 15.1 Å². The Kier molecular flexibility index (Phi) is 7.13. The highest BCUT2D eigenvalue weighted by atomic mass is 16.4. The Balaban J connectivity index is 1.84. The SMILES string of the molecule is CC(C)n1nccc1C(=O)N[C@H](C(=O)O)C(C1CCCCC1)C1CCCCC1. The Labute approximate surface area is 168 Å². The quantitative estimate of drug-likeness (QED) is 0.723. The number of rotatable bonds is 7. The summed E-state index contributed by atoms with van der Waals surface area (Å²) in [5.74, 6) is -0.403. The first-order valence-corrected chi connectivity index (χ1v) is 11.1. The van der Waals surface area contributed by atoms with Crippen LogP contribution in [0.2, 0.25) is 0 Å². The summed E-state index contributed by atoms with van der Waals surface area (Å²) in [6.07, 6.45) is 13.1. The van der Waals surface area contributed by atoms with Gasteiger partial charge in [0.2, 0.25) is 0 Å². The van der Waals surface area contributed by atoms with E-state index in [0.717, 1.165) is 25.7 Å². The van der Waals surface area contributed by atoms with Crippen molar-refractivity contribution in [3.8, 4) is 0 Å². The first-order valence-electron chi connectivity index (χ1n) is 11.1. The molecule has 0 radical (unpaired) electrons. The van der Waals surface area contributed by atoms with Crippen LogP contribution >= 0.6 is 0 Å². The number of carbonyl (C=O) groups excluding carboxylic acids is 1. The van der Waals surface area contributed by atoms with Gasteiger partial charge >= 0.3 is 5.97 Å². The van der Waals surface area contributed by atoms with E-state index in [1.807, 2.05) is 13.8 Å². The summed E-state index contributed by atoms with van der Waals surface area (Å²) in [6, 6.07) is 0.894. The summed E-state index contributed by atoms with van der Waals surface area (Å²) >= 11 is 0. The van der Waals surface area contributed by atoms with E-state index >= 15 is 0 Å². The third-order valence-electron chi connectivity index (χ3n) is 6.72. The largest absolute Gasteiger partial charge is 0.480 e. The molecule has 6 nitrogen and oxygen atoms in total. The van der Waals surface area contributed by atoms with Crippen LogP contribution in [0.25, 0.3) is 0 Å². The number of amides is 1. The highest BCUT2D eigenvalue weighted by molar-refractivity contribution is 5.95. The molecule has 2 saturated carbocycles. The molecule has 6 heteroatoms. The number of carboxylic acids is 1. The molecule has 0 bridgehead atoms. The van der Waals surface area contributed by atoms with E-state index in [-0.39, 0.29) is 17.9 Å². The van der Waals surface area contributed by atoms with Crippen molar-refractivity contribution in [1.29, 1.82) is 0 Å². The van der Waals surface area contributed by atoms with Gasteiger partial charge in [0.25, 0.3) is 5.91 Å². The molecule has 1 aromatic rings. The molecule has 0 spiro atoms. The molecule has 0 aliphatic heterocycles. The highest BCUT2D eigenvalue weighted by Gasteiger charge is 2.41. The summed E-state index contributed by atoms with van der Waals surface area (Å²) in [7, 11) is 0. The van der Waals surface area contributed by atoms with Crippen LogP contribution in [0.1, 0.15) is 94.6 Å². The lowest BCUT2D eigenvalue weighted by molar-refractivity contribution is -0.142.